The van der Waals surface area contributed by atoms with Gasteiger partial charge in [0.15, 0.2) is 0 Å². The minimum Gasteiger partial charge on any atom is -0.466 e. The van der Waals surface area contributed by atoms with Crippen LogP contribution in [0.3, 0.4) is 0 Å². The fourth-order valence-corrected chi connectivity index (χ4v) is 1.10. The fourth-order valence-electron chi connectivity index (χ4n) is 0.913. The van der Waals surface area contributed by atoms with Gasteiger partial charge in [0.2, 0.25) is 0 Å². The molecule has 0 saturated heterocycles. The van der Waals surface area contributed by atoms with E-state index in [1.165, 1.54) is 0 Å². The second-order valence-corrected chi connectivity index (χ2v) is 2.65. The molecule has 2 nitrogen and oxygen atoms in total. The van der Waals surface area contributed by atoms with Crippen molar-refractivity contribution in [2.24, 2.45) is 0 Å². The molecule has 0 spiro atoms. The molecule has 0 saturated carbocycles. The van der Waals surface area contributed by atoms with Crippen molar-refractivity contribution in [3.05, 3.63) is 23.2 Å². The van der Waals surface area contributed by atoms with Gasteiger partial charge in [-0.15, -0.1) is 0 Å². The highest BCUT2D eigenvalue weighted by atomic mass is 35.5. The summed E-state index contributed by atoms with van der Waals surface area (Å²) in [5.41, 5.74) is 0.475. The van der Waals surface area contributed by atoms with Crippen LogP contribution >= 0.6 is 11.6 Å². The topological polar surface area (TPSA) is 30.2 Å². The lowest BCUT2D eigenvalue weighted by atomic mass is 10.2. The van der Waals surface area contributed by atoms with Crippen molar-refractivity contribution in [2.45, 2.75) is 20.3 Å². The number of rotatable bonds is 2. The second kappa shape index (κ2) is 3.09. The van der Waals surface area contributed by atoms with Crippen LogP contribution in [0.1, 0.15) is 28.8 Å². The van der Waals surface area contributed by atoms with Crippen LogP contribution in [0.25, 0.3) is 0 Å². The van der Waals surface area contributed by atoms with Crippen molar-refractivity contribution in [3.63, 3.8) is 0 Å². The zero-order chi connectivity index (χ0) is 8.43. The van der Waals surface area contributed by atoms with Crippen molar-refractivity contribution in [3.8, 4) is 0 Å². The van der Waals surface area contributed by atoms with Crippen LogP contribution in [0.2, 0.25) is 0 Å². The predicted molar refractivity (Wildman–Crippen MR) is 43.0 cm³/mol. The molecule has 1 rings (SSSR count). The molecule has 1 heterocycles. The third-order valence-electron chi connectivity index (χ3n) is 1.53. The fraction of sp³-hybridized carbons (Fsp3) is 0.375. The van der Waals surface area contributed by atoms with E-state index in [2.05, 4.69) is 0 Å². The third-order valence-corrected chi connectivity index (χ3v) is 1.73. The first kappa shape index (κ1) is 8.34. The molecule has 0 aromatic carbocycles. The number of hydrogen-bond donors (Lipinski definition) is 0. The van der Waals surface area contributed by atoms with E-state index in [9.17, 15) is 4.79 Å². The number of furan rings is 1. The molecule has 0 atom stereocenters. The van der Waals surface area contributed by atoms with Gasteiger partial charge in [-0.2, -0.15) is 0 Å². The molecule has 3 heteroatoms. The molecular formula is C8H9ClO2. The van der Waals surface area contributed by atoms with Gasteiger partial charge in [-0.05, 0) is 24.6 Å². The molecule has 0 N–H and O–H groups in total. The minimum atomic E-state index is -0.453. The third kappa shape index (κ3) is 1.63. The van der Waals surface area contributed by atoms with Crippen molar-refractivity contribution in [1.29, 1.82) is 0 Å². The van der Waals surface area contributed by atoms with E-state index in [-0.39, 0.29) is 0 Å². The summed E-state index contributed by atoms with van der Waals surface area (Å²) in [4.78, 5) is 10.7. The van der Waals surface area contributed by atoms with Crippen molar-refractivity contribution in [2.75, 3.05) is 0 Å². The van der Waals surface area contributed by atoms with Crippen LogP contribution in [0.5, 0.6) is 0 Å². The van der Waals surface area contributed by atoms with E-state index in [1.807, 2.05) is 6.92 Å². The molecule has 0 aliphatic carbocycles. The Hall–Kier alpha value is -0.760. The molecule has 0 amide bonds. The van der Waals surface area contributed by atoms with Crippen LogP contribution in [0, 0.1) is 6.92 Å². The summed E-state index contributed by atoms with van der Waals surface area (Å²) >= 11 is 5.28. The summed E-state index contributed by atoms with van der Waals surface area (Å²) in [6, 6.07) is 1.69. The Labute approximate surface area is 70.2 Å². The molecule has 0 unspecified atom stereocenters. The smallest absolute Gasteiger partial charge is 0.255 e. The van der Waals surface area contributed by atoms with E-state index in [4.69, 9.17) is 16.0 Å². The summed E-state index contributed by atoms with van der Waals surface area (Å²) in [5.74, 6) is 1.40. The van der Waals surface area contributed by atoms with Gasteiger partial charge >= 0.3 is 0 Å². The first-order valence-corrected chi connectivity index (χ1v) is 3.82. The summed E-state index contributed by atoms with van der Waals surface area (Å²) < 4.78 is 5.22. The maximum atomic E-state index is 10.7. The van der Waals surface area contributed by atoms with Crippen molar-refractivity contribution in [1.82, 2.24) is 0 Å². The molecule has 60 valence electrons. The van der Waals surface area contributed by atoms with Gasteiger partial charge in [-0.25, -0.2) is 0 Å². The van der Waals surface area contributed by atoms with Crippen molar-refractivity contribution < 1.29 is 9.21 Å². The van der Waals surface area contributed by atoms with Gasteiger partial charge in [0, 0.05) is 6.42 Å². The van der Waals surface area contributed by atoms with Crippen LogP contribution < -0.4 is 0 Å². The summed E-state index contributed by atoms with van der Waals surface area (Å²) in [5, 5.41) is -0.453. The Morgan fingerprint density at radius 2 is 2.36 bits per heavy atom. The SMILES string of the molecule is CCc1cc(C(=O)Cl)c(C)o1. The number of carbonyl (C=O) groups is 1. The number of hydrogen-bond acceptors (Lipinski definition) is 2. The standard InChI is InChI=1S/C8H9ClO2/c1-3-6-4-7(8(9)10)5(2)11-6/h4H,3H2,1-2H3. The average Bonchev–Trinajstić information content (AvgIpc) is 2.30. The lowest BCUT2D eigenvalue weighted by Gasteiger charge is -1.85. The Morgan fingerprint density at radius 3 is 2.64 bits per heavy atom. The van der Waals surface area contributed by atoms with Gasteiger partial charge in [0.05, 0.1) is 5.56 Å². The Balaban J connectivity index is 3.07. The highest BCUT2D eigenvalue weighted by Crippen LogP contribution is 2.16. The quantitative estimate of drug-likeness (QED) is 0.642. The number of aryl methyl sites for hydroxylation is 2. The molecule has 0 aliphatic rings. The van der Waals surface area contributed by atoms with E-state index in [0.717, 1.165) is 12.2 Å². The van der Waals surface area contributed by atoms with E-state index < -0.39 is 5.24 Å². The van der Waals surface area contributed by atoms with Gasteiger partial charge in [0.25, 0.3) is 5.24 Å². The Kier molecular flexibility index (Phi) is 2.35. The summed E-state index contributed by atoms with van der Waals surface area (Å²) in [6.45, 7) is 3.69. The van der Waals surface area contributed by atoms with E-state index >= 15 is 0 Å². The second-order valence-electron chi connectivity index (χ2n) is 2.31. The maximum absolute atomic E-state index is 10.7. The Morgan fingerprint density at radius 1 is 1.73 bits per heavy atom. The first-order valence-electron chi connectivity index (χ1n) is 3.44. The predicted octanol–water partition coefficient (Wildman–Crippen LogP) is 2.53. The van der Waals surface area contributed by atoms with E-state index in [0.29, 0.717) is 11.3 Å². The monoisotopic (exact) mass is 172 g/mol. The van der Waals surface area contributed by atoms with Crippen molar-refractivity contribution >= 4 is 16.8 Å². The lowest BCUT2D eigenvalue weighted by Crippen LogP contribution is -1.86. The highest BCUT2D eigenvalue weighted by Gasteiger charge is 2.10. The zero-order valence-corrected chi connectivity index (χ0v) is 7.23. The summed E-state index contributed by atoms with van der Waals surface area (Å²) in [7, 11) is 0. The Bertz CT molecular complexity index is 276. The normalized spacial score (nSPS) is 10.1. The van der Waals surface area contributed by atoms with Crippen LogP contribution in [-0.2, 0) is 6.42 Å². The number of carbonyl (C=O) groups excluding carboxylic acids is 1. The number of halogens is 1. The molecular weight excluding hydrogens is 164 g/mol. The molecule has 1 aromatic heterocycles. The van der Waals surface area contributed by atoms with Gasteiger partial charge in [-0.1, -0.05) is 6.92 Å². The molecule has 11 heavy (non-hydrogen) atoms. The van der Waals surface area contributed by atoms with Gasteiger partial charge in [0.1, 0.15) is 11.5 Å². The average molecular weight is 173 g/mol. The van der Waals surface area contributed by atoms with Crippen LogP contribution in [0.4, 0.5) is 0 Å². The first-order chi connectivity index (χ1) is 5.15. The van der Waals surface area contributed by atoms with Gasteiger partial charge in [-0.3, -0.25) is 4.79 Å². The zero-order valence-electron chi connectivity index (χ0n) is 6.48. The molecule has 0 aliphatic heterocycles. The lowest BCUT2D eigenvalue weighted by molar-refractivity contribution is 0.108. The molecule has 0 fully saturated rings. The molecule has 0 bridgehead atoms. The van der Waals surface area contributed by atoms with Crippen LogP contribution in [0.15, 0.2) is 10.5 Å². The van der Waals surface area contributed by atoms with Crippen LogP contribution in [-0.4, -0.2) is 5.24 Å². The molecule has 0 radical (unpaired) electrons. The van der Waals surface area contributed by atoms with Gasteiger partial charge < -0.3 is 4.42 Å². The minimum absolute atomic E-state index is 0.453. The highest BCUT2D eigenvalue weighted by molar-refractivity contribution is 6.67. The molecule has 1 aromatic rings. The summed E-state index contributed by atoms with van der Waals surface area (Å²) in [6.07, 6.45) is 0.783. The maximum Gasteiger partial charge on any atom is 0.255 e. The largest absolute Gasteiger partial charge is 0.466 e. The van der Waals surface area contributed by atoms with E-state index in [1.54, 1.807) is 13.0 Å².